The first-order chi connectivity index (χ1) is 14.6. The number of anilines is 1. The van der Waals surface area contributed by atoms with Gasteiger partial charge in [-0.2, -0.15) is 0 Å². The number of fused-ring (bicyclic) bond motifs is 1. The van der Waals surface area contributed by atoms with E-state index in [1.807, 2.05) is 36.4 Å². The Kier molecular flexibility index (Phi) is 6.33. The molecule has 1 amide bonds. The van der Waals surface area contributed by atoms with E-state index in [9.17, 15) is 14.7 Å². The molecule has 2 aromatic carbocycles. The lowest BCUT2D eigenvalue weighted by Crippen LogP contribution is -2.17. The summed E-state index contributed by atoms with van der Waals surface area (Å²) in [6, 6.07) is 16.2. The molecule has 1 aliphatic rings. The third-order valence-electron chi connectivity index (χ3n) is 5.41. The second-order valence-electron chi connectivity index (χ2n) is 7.57. The number of hydrogen-bond donors (Lipinski definition) is 2. The Morgan fingerprint density at radius 2 is 1.77 bits per heavy atom. The molecule has 3 aromatic rings. The highest BCUT2D eigenvalue weighted by atomic mass is 32.2. The molecule has 0 radical (unpaired) electrons. The first-order valence-electron chi connectivity index (χ1n) is 10.2. The van der Waals surface area contributed by atoms with E-state index in [0.717, 1.165) is 11.3 Å². The minimum atomic E-state index is -0.978. The average molecular weight is 421 g/mol. The van der Waals surface area contributed by atoms with Crippen molar-refractivity contribution < 1.29 is 14.7 Å². The lowest BCUT2D eigenvalue weighted by atomic mass is 10.0. The smallest absolute Gasteiger partial charge is 0.336 e. The Morgan fingerprint density at radius 3 is 2.50 bits per heavy atom. The Bertz CT molecular complexity index is 1060. The molecule has 1 aliphatic carbocycles. The molecular formula is C24H24N2O3S. The molecule has 154 valence electrons. The summed E-state index contributed by atoms with van der Waals surface area (Å²) in [6.45, 7) is 0. The van der Waals surface area contributed by atoms with Gasteiger partial charge in [0.25, 0.3) is 0 Å². The van der Waals surface area contributed by atoms with Gasteiger partial charge in [-0.25, -0.2) is 9.78 Å². The van der Waals surface area contributed by atoms with Crippen molar-refractivity contribution in [3.05, 3.63) is 60.2 Å². The molecule has 1 aromatic heterocycles. The van der Waals surface area contributed by atoms with Crippen LogP contribution in [0, 0.1) is 0 Å². The third-order valence-corrected chi connectivity index (χ3v) is 6.79. The quantitative estimate of drug-likeness (QED) is 0.542. The van der Waals surface area contributed by atoms with Crippen molar-refractivity contribution in [3.63, 3.8) is 0 Å². The van der Waals surface area contributed by atoms with Gasteiger partial charge in [-0.1, -0.05) is 49.6 Å². The van der Waals surface area contributed by atoms with Crippen molar-refractivity contribution >= 4 is 40.2 Å². The van der Waals surface area contributed by atoms with Crippen molar-refractivity contribution in [2.24, 2.45) is 0 Å². The number of thioether (sulfide) groups is 1. The molecule has 0 unspecified atom stereocenters. The van der Waals surface area contributed by atoms with Crippen LogP contribution in [-0.4, -0.2) is 33.0 Å². The summed E-state index contributed by atoms with van der Waals surface area (Å²) in [5, 5.41) is 13.7. The molecule has 0 aliphatic heterocycles. The number of benzene rings is 2. The summed E-state index contributed by atoms with van der Waals surface area (Å²) in [5.74, 6) is -0.495. The molecule has 30 heavy (non-hydrogen) atoms. The number of nitrogens with zero attached hydrogens (tertiary/aromatic N) is 1. The van der Waals surface area contributed by atoms with Crippen LogP contribution in [0.3, 0.4) is 0 Å². The van der Waals surface area contributed by atoms with Crippen molar-refractivity contribution in [2.45, 2.75) is 37.4 Å². The maximum atomic E-state index is 12.3. The molecule has 6 heteroatoms. The molecule has 5 nitrogen and oxygen atoms in total. The number of carbonyl (C=O) groups excluding carboxylic acids is 1. The van der Waals surface area contributed by atoms with Gasteiger partial charge >= 0.3 is 5.97 Å². The van der Waals surface area contributed by atoms with Crippen LogP contribution in [0.5, 0.6) is 0 Å². The van der Waals surface area contributed by atoms with Crippen molar-refractivity contribution in [1.29, 1.82) is 0 Å². The molecular weight excluding hydrogens is 396 g/mol. The van der Waals surface area contributed by atoms with Gasteiger partial charge < -0.3 is 10.4 Å². The van der Waals surface area contributed by atoms with Crippen LogP contribution in [-0.2, 0) is 4.79 Å². The average Bonchev–Trinajstić information content (AvgIpc) is 2.78. The molecule has 2 N–H and O–H groups in total. The largest absolute Gasteiger partial charge is 0.478 e. The minimum Gasteiger partial charge on any atom is -0.478 e. The van der Waals surface area contributed by atoms with E-state index in [-0.39, 0.29) is 11.5 Å². The number of nitrogens with one attached hydrogen (secondary N) is 1. The second kappa shape index (κ2) is 9.30. The number of pyridine rings is 1. The Balaban J connectivity index is 1.45. The highest BCUT2D eigenvalue weighted by Gasteiger charge is 2.16. The number of rotatable bonds is 6. The maximum Gasteiger partial charge on any atom is 0.336 e. The number of amides is 1. The Hall–Kier alpha value is -2.86. The van der Waals surface area contributed by atoms with Gasteiger partial charge in [0.2, 0.25) is 5.91 Å². The van der Waals surface area contributed by atoms with E-state index in [1.165, 1.54) is 32.1 Å². The fraction of sp³-hybridized carbons (Fsp3) is 0.292. The molecule has 1 fully saturated rings. The van der Waals surface area contributed by atoms with E-state index in [4.69, 9.17) is 0 Å². The minimum absolute atomic E-state index is 0.00955. The van der Waals surface area contributed by atoms with Crippen molar-refractivity contribution in [2.75, 3.05) is 11.1 Å². The SMILES string of the molecule is O=C(CSC1CCCCC1)Nc1ccc(-c2cc(C(=O)O)c3ccccc3n2)cc1. The molecule has 0 saturated heterocycles. The van der Waals surface area contributed by atoms with Gasteiger partial charge in [0, 0.05) is 21.9 Å². The van der Waals surface area contributed by atoms with E-state index >= 15 is 0 Å². The van der Waals surface area contributed by atoms with Gasteiger partial charge in [-0.15, -0.1) is 11.8 Å². The van der Waals surface area contributed by atoms with Gasteiger partial charge in [0.1, 0.15) is 0 Å². The summed E-state index contributed by atoms with van der Waals surface area (Å²) in [4.78, 5) is 28.5. The summed E-state index contributed by atoms with van der Waals surface area (Å²) in [7, 11) is 0. The van der Waals surface area contributed by atoms with Gasteiger partial charge in [0.05, 0.1) is 22.5 Å². The first-order valence-corrected chi connectivity index (χ1v) is 11.3. The molecule has 0 bridgehead atoms. The highest BCUT2D eigenvalue weighted by Crippen LogP contribution is 2.29. The molecule has 1 heterocycles. The van der Waals surface area contributed by atoms with Gasteiger partial charge in [-0.05, 0) is 37.1 Å². The lowest BCUT2D eigenvalue weighted by Gasteiger charge is -2.20. The fourth-order valence-corrected chi connectivity index (χ4v) is 4.97. The first kappa shape index (κ1) is 20.4. The van der Waals surface area contributed by atoms with E-state index < -0.39 is 5.97 Å². The molecule has 0 atom stereocenters. The van der Waals surface area contributed by atoms with Crippen LogP contribution < -0.4 is 5.32 Å². The normalized spacial score (nSPS) is 14.5. The van der Waals surface area contributed by atoms with Crippen molar-refractivity contribution in [1.82, 2.24) is 4.98 Å². The monoisotopic (exact) mass is 420 g/mol. The summed E-state index contributed by atoms with van der Waals surface area (Å²) < 4.78 is 0. The number of aromatic nitrogens is 1. The Labute approximate surface area is 179 Å². The van der Waals surface area contributed by atoms with Crippen LogP contribution in [0.15, 0.2) is 54.6 Å². The van der Waals surface area contributed by atoms with Gasteiger partial charge in [-0.3, -0.25) is 4.79 Å². The third kappa shape index (κ3) is 4.82. The van der Waals surface area contributed by atoms with Crippen molar-refractivity contribution in [3.8, 4) is 11.3 Å². The van der Waals surface area contributed by atoms with E-state index in [1.54, 1.807) is 30.0 Å². The zero-order valence-corrected chi connectivity index (χ0v) is 17.5. The van der Waals surface area contributed by atoms with E-state index in [0.29, 0.717) is 27.6 Å². The topological polar surface area (TPSA) is 79.3 Å². The van der Waals surface area contributed by atoms with Crippen LogP contribution >= 0.6 is 11.8 Å². The van der Waals surface area contributed by atoms with Crippen LogP contribution in [0.25, 0.3) is 22.2 Å². The predicted octanol–water partition coefficient (Wildman–Crippen LogP) is 5.60. The second-order valence-corrected chi connectivity index (χ2v) is 8.86. The highest BCUT2D eigenvalue weighted by molar-refractivity contribution is 8.00. The lowest BCUT2D eigenvalue weighted by molar-refractivity contribution is -0.113. The summed E-state index contributed by atoms with van der Waals surface area (Å²) in [6.07, 6.45) is 6.28. The summed E-state index contributed by atoms with van der Waals surface area (Å²) >= 11 is 1.75. The summed E-state index contributed by atoms with van der Waals surface area (Å²) in [5.41, 5.74) is 3.00. The zero-order chi connectivity index (χ0) is 20.9. The van der Waals surface area contributed by atoms with Crippen LogP contribution in [0.4, 0.5) is 5.69 Å². The Morgan fingerprint density at radius 1 is 1.03 bits per heavy atom. The number of aromatic carboxylic acids is 1. The van der Waals surface area contributed by atoms with Crippen LogP contribution in [0.2, 0.25) is 0 Å². The van der Waals surface area contributed by atoms with Gasteiger partial charge in [0.15, 0.2) is 0 Å². The number of carboxylic acids is 1. The van der Waals surface area contributed by atoms with E-state index in [2.05, 4.69) is 10.3 Å². The fourth-order valence-electron chi connectivity index (χ4n) is 3.85. The number of hydrogen-bond acceptors (Lipinski definition) is 4. The van der Waals surface area contributed by atoms with Crippen LogP contribution in [0.1, 0.15) is 42.5 Å². The molecule has 4 rings (SSSR count). The zero-order valence-electron chi connectivity index (χ0n) is 16.6. The number of carboxylic acid groups (broad SMARTS) is 1. The predicted molar refractivity (Wildman–Crippen MR) is 122 cm³/mol. The molecule has 0 spiro atoms. The number of para-hydroxylation sites is 1. The standard InChI is InChI=1S/C24H24N2O3S/c27-23(15-30-18-6-2-1-3-7-18)25-17-12-10-16(11-13-17)22-14-20(24(28)29)19-8-4-5-9-21(19)26-22/h4-5,8-14,18H,1-3,6-7,15H2,(H,25,27)(H,28,29). The number of carbonyl (C=O) groups is 2. The molecule has 1 saturated carbocycles. The maximum absolute atomic E-state index is 12.3.